The summed E-state index contributed by atoms with van der Waals surface area (Å²) in [7, 11) is 0. The van der Waals surface area contributed by atoms with E-state index in [0.717, 1.165) is 19.3 Å². The van der Waals surface area contributed by atoms with Crippen LogP contribution in [0.2, 0.25) is 0 Å². The van der Waals surface area contributed by atoms with Gasteiger partial charge in [0.2, 0.25) is 0 Å². The van der Waals surface area contributed by atoms with Gasteiger partial charge in [-0.15, -0.1) is 0 Å². The summed E-state index contributed by atoms with van der Waals surface area (Å²) in [5, 5.41) is 0. The third kappa shape index (κ3) is 2.46. The normalized spacial score (nSPS) is 34.1. The summed E-state index contributed by atoms with van der Waals surface area (Å²) >= 11 is 0. The van der Waals surface area contributed by atoms with Crippen LogP contribution in [0, 0.1) is 0 Å². The second-order valence-electron chi connectivity index (χ2n) is 3.52. The minimum absolute atomic E-state index is 0.268. The van der Waals surface area contributed by atoms with Gasteiger partial charge in [0, 0.05) is 6.04 Å². The lowest BCUT2D eigenvalue weighted by molar-refractivity contribution is 0.0386. The average molecular weight is 157 g/mol. The molecule has 1 fully saturated rings. The summed E-state index contributed by atoms with van der Waals surface area (Å²) in [6.45, 7) is 4.29. The quantitative estimate of drug-likeness (QED) is 0.676. The van der Waals surface area contributed by atoms with Crippen molar-refractivity contribution in [1.82, 2.24) is 0 Å². The summed E-state index contributed by atoms with van der Waals surface area (Å²) in [5.41, 5.74) is 5.93. The van der Waals surface area contributed by atoms with Crippen molar-refractivity contribution < 1.29 is 4.74 Å². The fourth-order valence-corrected chi connectivity index (χ4v) is 1.67. The van der Waals surface area contributed by atoms with Crippen LogP contribution in [0.5, 0.6) is 0 Å². The molecule has 0 saturated carbocycles. The van der Waals surface area contributed by atoms with Gasteiger partial charge in [0.15, 0.2) is 0 Å². The Balaban J connectivity index is 2.25. The van der Waals surface area contributed by atoms with E-state index in [4.69, 9.17) is 10.5 Å². The molecule has 0 spiro atoms. The van der Waals surface area contributed by atoms with E-state index >= 15 is 0 Å². The number of rotatable bonds is 3. The van der Waals surface area contributed by atoms with Gasteiger partial charge < -0.3 is 10.5 Å². The lowest BCUT2D eigenvalue weighted by Crippen LogP contribution is -2.34. The van der Waals surface area contributed by atoms with Crippen LogP contribution >= 0.6 is 0 Å². The zero-order valence-corrected chi connectivity index (χ0v) is 7.55. The van der Waals surface area contributed by atoms with Crippen LogP contribution in [0.25, 0.3) is 0 Å². The summed E-state index contributed by atoms with van der Waals surface area (Å²) in [4.78, 5) is 0. The highest BCUT2D eigenvalue weighted by Gasteiger charge is 2.26. The molecule has 11 heavy (non-hydrogen) atoms. The van der Waals surface area contributed by atoms with Crippen molar-refractivity contribution in [2.75, 3.05) is 0 Å². The van der Waals surface area contributed by atoms with E-state index in [2.05, 4.69) is 13.8 Å². The van der Waals surface area contributed by atoms with Gasteiger partial charge >= 0.3 is 0 Å². The van der Waals surface area contributed by atoms with E-state index in [9.17, 15) is 0 Å². The zero-order valence-electron chi connectivity index (χ0n) is 7.55. The smallest absolute Gasteiger partial charge is 0.0730 e. The molecule has 1 rings (SSSR count). The third-order valence-electron chi connectivity index (χ3n) is 2.36. The maximum atomic E-state index is 5.93. The molecule has 2 N–H and O–H groups in total. The average Bonchev–Trinajstić information content (AvgIpc) is 2.36. The Morgan fingerprint density at radius 1 is 1.55 bits per heavy atom. The Labute approximate surface area is 69.1 Å². The first kappa shape index (κ1) is 9.01. The Kier molecular flexibility index (Phi) is 3.34. The molecule has 66 valence electrons. The van der Waals surface area contributed by atoms with Gasteiger partial charge in [0.1, 0.15) is 0 Å². The van der Waals surface area contributed by atoms with Crippen molar-refractivity contribution in [2.45, 2.75) is 57.8 Å². The first-order chi connectivity index (χ1) is 5.24. The zero-order chi connectivity index (χ0) is 8.27. The van der Waals surface area contributed by atoms with E-state index in [1.54, 1.807) is 0 Å². The van der Waals surface area contributed by atoms with Crippen LogP contribution in [0.4, 0.5) is 0 Å². The molecule has 1 aliphatic rings. The number of ether oxygens (including phenoxy) is 1. The second kappa shape index (κ2) is 4.07. The molecule has 1 heterocycles. The highest BCUT2D eigenvalue weighted by Crippen LogP contribution is 2.22. The maximum Gasteiger partial charge on any atom is 0.0730 e. The first-order valence-corrected chi connectivity index (χ1v) is 4.65. The summed E-state index contributed by atoms with van der Waals surface area (Å²) in [6.07, 6.45) is 5.37. The number of nitrogens with two attached hydrogens (primary N) is 1. The molecule has 2 heteroatoms. The monoisotopic (exact) mass is 157 g/mol. The van der Waals surface area contributed by atoms with Gasteiger partial charge in [-0.1, -0.05) is 13.3 Å². The Morgan fingerprint density at radius 2 is 2.27 bits per heavy atom. The summed E-state index contributed by atoms with van der Waals surface area (Å²) in [5.74, 6) is 0. The topological polar surface area (TPSA) is 35.2 Å². The van der Waals surface area contributed by atoms with Crippen molar-refractivity contribution in [3.05, 3.63) is 0 Å². The molecule has 2 unspecified atom stereocenters. The van der Waals surface area contributed by atoms with Crippen LogP contribution in [-0.2, 0) is 4.74 Å². The minimum Gasteiger partial charge on any atom is -0.374 e. The highest BCUT2D eigenvalue weighted by molar-refractivity contribution is 4.79. The lowest BCUT2D eigenvalue weighted by Gasteiger charge is -2.18. The van der Waals surface area contributed by atoms with Crippen molar-refractivity contribution >= 4 is 0 Å². The molecule has 0 aromatic carbocycles. The maximum absolute atomic E-state index is 5.93. The van der Waals surface area contributed by atoms with Gasteiger partial charge in [-0.05, 0) is 26.2 Å². The van der Waals surface area contributed by atoms with Crippen LogP contribution in [0.15, 0.2) is 0 Å². The highest BCUT2D eigenvalue weighted by atomic mass is 16.5. The van der Waals surface area contributed by atoms with Crippen LogP contribution < -0.4 is 5.73 Å². The van der Waals surface area contributed by atoms with E-state index in [1.165, 1.54) is 6.42 Å². The van der Waals surface area contributed by atoms with E-state index in [1.807, 2.05) is 0 Å². The molecule has 1 aliphatic heterocycles. The fraction of sp³-hybridized carbons (Fsp3) is 1.00. The van der Waals surface area contributed by atoms with Crippen LogP contribution in [-0.4, -0.2) is 18.2 Å². The van der Waals surface area contributed by atoms with Gasteiger partial charge in [-0.2, -0.15) is 0 Å². The second-order valence-corrected chi connectivity index (χ2v) is 3.52. The molecule has 0 aliphatic carbocycles. The molecule has 2 nitrogen and oxygen atoms in total. The fourth-order valence-electron chi connectivity index (χ4n) is 1.67. The van der Waals surface area contributed by atoms with Crippen molar-refractivity contribution in [2.24, 2.45) is 5.73 Å². The van der Waals surface area contributed by atoms with E-state index < -0.39 is 0 Å². The summed E-state index contributed by atoms with van der Waals surface area (Å²) in [6, 6.07) is 0.268. The third-order valence-corrected chi connectivity index (χ3v) is 2.36. The molecule has 0 amide bonds. The molecule has 1 saturated heterocycles. The Hall–Kier alpha value is -0.0800. The Morgan fingerprint density at radius 3 is 2.73 bits per heavy atom. The molecular formula is C9H19NO. The van der Waals surface area contributed by atoms with Crippen molar-refractivity contribution in [3.8, 4) is 0 Å². The molecule has 0 aromatic rings. The lowest BCUT2D eigenvalue weighted by atomic mass is 10.0. The number of hydrogen-bond acceptors (Lipinski definition) is 2. The number of hydrogen-bond donors (Lipinski definition) is 1. The molecule has 0 aromatic heterocycles. The van der Waals surface area contributed by atoms with E-state index in [0.29, 0.717) is 12.2 Å². The predicted molar refractivity (Wildman–Crippen MR) is 46.5 cm³/mol. The predicted octanol–water partition coefficient (Wildman–Crippen LogP) is 1.68. The van der Waals surface area contributed by atoms with Crippen LogP contribution in [0.3, 0.4) is 0 Å². The molecule has 0 bridgehead atoms. The van der Waals surface area contributed by atoms with Gasteiger partial charge in [-0.25, -0.2) is 0 Å². The van der Waals surface area contributed by atoms with Crippen molar-refractivity contribution in [3.63, 3.8) is 0 Å². The molecule has 0 radical (unpaired) electrons. The SMILES string of the molecule is CCC[C@H](N)C1CCC(C)O1. The van der Waals surface area contributed by atoms with Crippen LogP contribution in [0.1, 0.15) is 39.5 Å². The largest absolute Gasteiger partial charge is 0.374 e. The first-order valence-electron chi connectivity index (χ1n) is 4.65. The van der Waals surface area contributed by atoms with Gasteiger partial charge in [0.05, 0.1) is 12.2 Å². The van der Waals surface area contributed by atoms with Gasteiger partial charge in [-0.3, -0.25) is 0 Å². The Bertz CT molecular complexity index is 116. The van der Waals surface area contributed by atoms with E-state index in [-0.39, 0.29) is 6.04 Å². The van der Waals surface area contributed by atoms with Crippen molar-refractivity contribution in [1.29, 1.82) is 0 Å². The summed E-state index contributed by atoms with van der Waals surface area (Å²) < 4.78 is 5.65. The molecular weight excluding hydrogens is 138 g/mol. The van der Waals surface area contributed by atoms with Gasteiger partial charge in [0.25, 0.3) is 0 Å². The standard InChI is InChI=1S/C9H19NO/c1-3-4-8(10)9-6-5-7(2)11-9/h7-9H,3-6,10H2,1-2H3/t7?,8-,9?/m0/s1. The minimum atomic E-state index is 0.268. The molecule has 3 atom stereocenters.